The molecule has 5 aromatic rings. The van der Waals surface area contributed by atoms with Crippen LogP contribution in [-0.4, -0.2) is 29.9 Å². The lowest BCUT2D eigenvalue weighted by Crippen LogP contribution is -2.15. The number of aryl methyl sites for hydroxylation is 6. The molecular weight excluding hydrogens is 751 g/mol. The summed E-state index contributed by atoms with van der Waals surface area (Å²) in [4.78, 5) is 25.8. The Morgan fingerprint density at radius 1 is 0.492 bits per heavy atom. The second-order valence-electron chi connectivity index (χ2n) is 19.8. The summed E-state index contributed by atoms with van der Waals surface area (Å²) >= 11 is 5.87. The van der Waals surface area contributed by atoms with Crippen molar-refractivity contribution < 1.29 is 8.50 Å². The maximum Gasteiger partial charge on any atom is 0.144 e. The number of aromatic nitrogens is 6. The highest BCUT2D eigenvalue weighted by Crippen LogP contribution is 2.25. The van der Waals surface area contributed by atoms with Gasteiger partial charge in [-0.1, -0.05) is 135 Å². The lowest BCUT2D eigenvalue weighted by Gasteiger charge is -2.20. The zero-order valence-corrected chi connectivity index (χ0v) is 40.0. The summed E-state index contributed by atoms with van der Waals surface area (Å²) in [6.07, 6.45) is 1.81. The predicted octanol–water partition coefficient (Wildman–Crippen LogP) is 14.6. The molecule has 0 radical (unpaired) electrons. The number of pyridine rings is 4. The molecule has 5 heterocycles. The fourth-order valence-corrected chi connectivity index (χ4v) is 5.08. The minimum atomic E-state index is -2.11. The van der Waals surface area contributed by atoms with Crippen LogP contribution in [0.4, 0.5) is 4.39 Å². The first kappa shape index (κ1) is 49.3. The van der Waals surface area contributed by atoms with E-state index in [0.717, 1.165) is 45.0 Å². The number of hydrogen-bond acceptors (Lipinski definition) is 6. The predicted molar refractivity (Wildman–Crippen MR) is 253 cm³/mol. The van der Waals surface area contributed by atoms with Gasteiger partial charge >= 0.3 is 0 Å². The van der Waals surface area contributed by atoms with E-state index in [9.17, 15) is 4.39 Å². The van der Waals surface area contributed by atoms with E-state index in [-0.39, 0.29) is 46.0 Å². The number of halogens is 2. The summed E-state index contributed by atoms with van der Waals surface area (Å²) in [6.45, 7) is 39.2. The van der Waals surface area contributed by atoms with Crippen LogP contribution >= 0.6 is 11.6 Å². The van der Waals surface area contributed by atoms with Crippen molar-refractivity contribution in [2.75, 3.05) is 0 Å². The van der Waals surface area contributed by atoms with Gasteiger partial charge < -0.3 is 0 Å². The SMILES string of the molecule is C.Cc1ccc(C)c(C(C)(C)C)n1.Cc1ccnc(C(C)(C)C)n1.Cc1nc(C(C)(C)C)ccc1Cl.Cc1nc(C(C)(C)C)ccc1F.[2H]C([2H])([2H])c1cccc(C(C)(C)C)n1. The first-order valence-corrected chi connectivity index (χ1v) is 20.3. The molecule has 0 amide bonds. The van der Waals surface area contributed by atoms with E-state index in [1.165, 1.54) is 17.3 Å². The highest BCUT2D eigenvalue weighted by Gasteiger charge is 2.19. The van der Waals surface area contributed by atoms with E-state index in [1.54, 1.807) is 25.1 Å². The van der Waals surface area contributed by atoms with Crippen LogP contribution in [0.3, 0.4) is 0 Å². The fraction of sp³-hybridized carbons (Fsp3) is 0.529. The molecule has 0 unspecified atom stereocenters. The second-order valence-corrected chi connectivity index (χ2v) is 20.2. The molecule has 0 aliphatic carbocycles. The molecule has 0 aliphatic rings. The molecule has 0 aromatic carbocycles. The molecule has 5 rings (SSSR count). The van der Waals surface area contributed by atoms with Gasteiger partial charge in [-0.05, 0) is 95.6 Å². The molecule has 6 nitrogen and oxygen atoms in total. The standard InChI is InChI=1S/C11H17N.C10H14ClN.C10H14FN.C10H15N.C9H14N2.CH4/c1-8-6-7-9(2)12-10(8)11(3,4)5;2*1-7-8(11)5-6-9(12-7)10(2,3)4;1-8-6-5-7-9(11-8)10(2,3)4;1-7-5-6-10-8(11-7)9(2,3)4;/h6-7H,1-5H3;2*5-6H,1-4H3;5-7H,1-4H3;5-6H,1-4H3;1H4/i;;;1D3;;. The van der Waals surface area contributed by atoms with Gasteiger partial charge in [0.05, 0.1) is 16.4 Å². The largest absolute Gasteiger partial charge is 0.258 e. The third-order valence-electron chi connectivity index (χ3n) is 8.51. The van der Waals surface area contributed by atoms with Crippen LogP contribution in [0, 0.1) is 47.3 Å². The third kappa shape index (κ3) is 20.1. The average Bonchev–Trinajstić information content (AvgIpc) is 3.10. The van der Waals surface area contributed by atoms with Gasteiger partial charge in [0.25, 0.3) is 0 Å². The monoisotopic (exact) mass is 832 g/mol. The molecule has 0 saturated heterocycles. The van der Waals surface area contributed by atoms with Crippen LogP contribution in [0.2, 0.25) is 5.02 Å². The summed E-state index contributed by atoms with van der Waals surface area (Å²) in [7, 11) is 0. The Labute approximate surface area is 369 Å². The highest BCUT2D eigenvalue weighted by molar-refractivity contribution is 6.31. The molecule has 326 valence electrons. The summed E-state index contributed by atoms with van der Waals surface area (Å²) in [5.41, 5.74) is 9.23. The van der Waals surface area contributed by atoms with Gasteiger partial charge in [0.15, 0.2) is 0 Å². The maximum absolute atomic E-state index is 12.8. The minimum Gasteiger partial charge on any atom is -0.258 e. The molecule has 0 spiro atoms. The Morgan fingerprint density at radius 2 is 0.983 bits per heavy atom. The first-order valence-electron chi connectivity index (χ1n) is 21.4. The smallest absolute Gasteiger partial charge is 0.144 e. The molecule has 8 heteroatoms. The average molecular weight is 833 g/mol. The molecule has 0 saturated carbocycles. The van der Waals surface area contributed by atoms with Gasteiger partial charge in [-0.15, -0.1) is 0 Å². The number of rotatable bonds is 0. The second kappa shape index (κ2) is 22.5. The van der Waals surface area contributed by atoms with Crippen LogP contribution < -0.4 is 0 Å². The summed E-state index contributed by atoms with van der Waals surface area (Å²) in [5, 5.41) is 0.739. The van der Waals surface area contributed by atoms with Crippen LogP contribution in [0.25, 0.3) is 0 Å². The fourth-order valence-electron chi connectivity index (χ4n) is 4.97. The van der Waals surface area contributed by atoms with E-state index in [4.69, 9.17) is 15.7 Å². The zero-order valence-electron chi connectivity index (χ0n) is 42.3. The van der Waals surface area contributed by atoms with Crippen molar-refractivity contribution in [2.45, 2.75) is 180 Å². The quantitative estimate of drug-likeness (QED) is 0.155. The van der Waals surface area contributed by atoms with Crippen LogP contribution in [-0.2, 0) is 27.1 Å². The first-order chi connectivity index (χ1) is 27.4. The molecule has 0 fully saturated rings. The van der Waals surface area contributed by atoms with Crippen molar-refractivity contribution in [3.8, 4) is 0 Å². The van der Waals surface area contributed by atoms with E-state index in [1.807, 2.05) is 72.0 Å². The Morgan fingerprint density at radius 3 is 1.39 bits per heavy atom. The molecule has 0 aliphatic heterocycles. The number of hydrogen-bond donors (Lipinski definition) is 0. The summed E-state index contributed by atoms with van der Waals surface area (Å²) in [6, 6.07) is 18.4. The Hall–Kier alpha value is -4.10. The third-order valence-corrected chi connectivity index (χ3v) is 8.91. The van der Waals surface area contributed by atoms with Gasteiger partial charge in [-0.25, -0.2) is 14.4 Å². The molecule has 0 N–H and O–H groups in total. The Bertz CT molecular complexity index is 2060. The summed E-state index contributed by atoms with van der Waals surface area (Å²) < 4.78 is 34.6. The summed E-state index contributed by atoms with van der Waals surface area (Å²) in [5.74, 6) is 0.681. The highest BCUT2D eigenvalue weighted by atomic mass is 35.5. The van der Waals surface area contributed by atoms with Crippen molar-refractivity contribution in [1.29, 1.82) is 0 Å². The van der Waals surface area contributed by atoms with E-state index in [2.05, 4.69) is 132 Å². The van der Waals surface area contributed by atoms with E-state index < -0.39 is 6.85 Å². The normalized spacial score (nSPS) is 12.5. The van der Waals surface area contributed by atoms with Gasteiger partial charge in [-0.3, -0.25) is 19.9 Å². The van der Waals surface area contributed by atoms with Crippen molar-refractivity contribution >= 4 is 11.6 Å². The van der Waals surface area contributed by atoms with Gasteiger partial charge in [-0.2, -0.15) is 0 Å². The molecule has 0 bridgehead atoms. The maximum atomic E-state index is 12.8. The van der Waals surface area contributed by atoms with Crippen molar-refractivity contribution in [2.24, 2.45) is 0 Å². The zero-order chi connectivity index (χ0) is 47.5. The van der Waals surface area contributed by atoms with Gasteiger partial charge in [0.1, 0.15) is 11.6 Å². The van der Waals surface area contributed by atoms with Crippen molar-refractivity contribution in [3.63, 3.8) is 0 Å². The lowest BCUT2D eigenvalue weighted by molar-refractivity contribution is 0.543. The van der Waals surface area contributed by atoms with Crippen LogP contribution in [0.1, 0.15) is 178 Å². The van der Waals surface area contributed by atoms with Crippen molar-refractivity contribution in [3.05, 3.63) is 140 Å². The molecule has 5 aromatic heterocycles. The van der Waals surface area contributed by atoms with Gasteiger partial charge in [0, 0.05) is 77.2 Å². The number of nitrogens with zero attached hydrogens (tertiary/aromatic N) is 6. The Balaban J connectivity index is 0.000000749. The van der Waals surface area contributed by atoms with Crippen LogP contribution in [0.5, 0.6) is 0 Å². The molecule has 59 heavy (non-hydrogen) atoms. The lowest BCUT2D eigenvalue weighted by atomic mass is 9.88. The van der Waals surface area contributed by atoms with Crippen LogP contribution in [0.15, 0.2) is 66.9 Å². The molecular formula is C51H78ClFN6. The Kier molecular flexibility index (Phi) is 18.8. The molecule has 0 atom stereocenters. The minimum absolute atomic E-state index is 0. The topological polar surface area (TPSA) is 77.3 Å². The van der Waals surface area contributed by atoms with E-state index >= 15 is 0 Å². The van der Waals surface area contributed by atoms with Crippen molar-refractivity contribution in [1.82, 2.24) is 29.9 Å². The van der Waals surface area contributed by atoms with Gasteiger partial charge in [0.2, 0.25) is 0 Å². The van der Waals surface area contributed by atoms with E-state index in [0.29, 0.717) is 5.69 Å².